The molecule has 0 saturated carbocycles. The van der Waals surface area contributed by atoms with Crippen molar-refractivity contribution < 1.29 is 23.8 Å². The number of halogens is 2. The molecule has 0 aliphatic rings. The van der Waals surface area contributed by atoms with Gasteiger partial charge < -0.3 is 24.5 Å². The quantitative estimate of drug-likeness (QED) is 0.405. The molecular weight excluding hydrogens is 447 g/mol. The molecular formula is C25H28ClFN2O4. The molecule has 0 aliphatic carbocycles. The average molecular weight is 475 g/mol. The summed E-state index contributed by atoms with van der Waals surface area (Å²) in [5.74, 6) is 0.0807. The molecule has 3 aromatic rings. The number of nitrogens with zero attached hydrogens (tertiary/aromatic N) is 1. The van der Waals surface area contributed by atoms with E-state index >= 15 is 0 Å². The lowest BCUT2D eigenvalue weighted by Gasteiger charge is -2.13. The Morgan fingerprint density at radius 3 is 2.52 bits per heavy atom. The summed E-state index contributed by atoms with van der Waals surface area (Å²) in [6, 6.07) is 10.1. The summed E-state index contributed by atoms with van der Waals surface area (Å²) in [7, 11) is 3.23. The van der Waals surface area contributed by atoms with Crippen LogP contribution in [0.2, 0.25) is 5.02 Å². The summed E-state index contributed by atoms with van der Waals surface area (Å²) in [5.41, 5.74) is 3.54. The first kappa shape index (κ1) is 24.6. The van der Waals surface area contributed by atoms with Gasteiger partial charge in [-0.05, 0) is 62.7 Å². The zero-order valence-electron chi connectivity index (χ0n) is 19.2. The fourth-order valence-electron chi connectivity index (χ4n) is 4.04. The van der Waals surface area contributed by atoms with Gasteiger partial charge in [-0.2, -0.15) is 0 Å². The summed E-state index contributed by atoms with van der Waals surface area (Å²) in [4.78, 5) is 12.0. The number of aromatic carboxylic acids is 1. The third-order valence-corrected chi connectivity index (χ3v) is 6.22. The van der Waals surface area contributed by atoms with E-state index in [4.69, 9.17) is 21.1 Å². The van der Waals surface area contributed by atoms with E-state index in [9.17, 15) is 14.3 Å². The van der Waals surface area contributed by atoms with Gasteiger partial charge >= 0.3 is 5.97 Å². The van der Waals surface area contributed by atoms with Crippen molar-refractivity contribution in [1.82, 2.24) is 9.88 Å². The van der Waals surface area contributed by atoms with Gasteiger partial charge in [-0.1, -0.05) is 17.7 Å². The third kappa shape index (κ3) is 5.31. The normalized spacial score (nSPS) is 11.0. The van der Waals surface area contributed by atoms with E-state index in [-0.39, 0.29) is 12.1 Å². The molecule has 1 aromatic heterocycles. The number of methoxy groups -OCH3 is 2. The summed E-state index contributed by atoms with van der Waals surface area (Å²) in [6.45, 7) is 4.69. The lowest BCUT2D eigenvalue weighted by molar-refractivity contribution is 0.0694. The fraction of sp³-hybridized carbons (Fsp3) is 0.320. The van der Waals surface area contributed by atoms with Crippen molar-refractivity contribution >= 4 is 17.6 Å². The average Bonchev–Trinajstić information content (AvgIpc) is 3.03. The maximum atomic E-state index is 14.3. The van der Waals surface area contributed by atoms with Crippen LogP contribution in [0.1, 0.15) is 38.4 Å². The Morgan fingerprint density at radius 1 is 1.12 bits per heavy atom. The van der Waals surface area contributed by atoms with Gasteiger partial charge in [0.05, 0.1) is 26.3 Å². The van der Waals surface area contributed by atoms with Crippen LogP contribution in [-0.4, -0.2) is 36.4 Å². The standard InChI is InChI=1S/C25H28ClFN2O4/c1-15-19(13-28-11-10-17-12-18(32-3)8-9-23(17)33-4)24(25(30)31)16(2)29(15)14-20-21(26)6-5-7-22(20)27/h5-9,12,28H,10-11,13-14H2,1-4H3,(H,30,31). The zero-order chi connectivity index (χ0) is 24.1. The van der Waals surface area contributed by atoms with E-state index in [2.05, 4.69) is 5.32 Å². The number of hydrogen-bond donors (Lipinski definition) is 2. The Morgan fingerprint density at radius 2 is 1.88 bits per heavy atom. The van der Waals surface area contributed by atoms with Crippen molar-refractivity contribution in [3.8, 4) is 11.5 Å². The van der Waals surface area contributed by atoms with Crippen LogP contribution in [-0.2, 0) is 19.5 Å². The number of nitrogens with one attached hydrogen (secondary N) is 1. The van der Waals surface area contributed by atoms with Crippen LogP contribution in [0, 0.1) is 19.7 Å². The molecule has 0 amide bonds. The first-order chi connectivity index (χ1) is 15.8. The molecule has 2 aromatic carbocycles. The minimum absolute atomic E-state index is 0.157. The number of ether oxygens (including phenoxy) is 2. The Kier molecular flexibility index (Phi) is 8.00. The number of carboxylic acids is 1. The van der Waals surface area contributed by atoms with Crippen LogP contribution < -0.4 is 14.8 Å². The van der Waals surface area contributed by atoms with Crippen LogP contribution in [0.3, 0.4) is 0 Å². The summed E-state index contributed by atoms with van der Waals surface area (Å²) in [6.07, 6.45) is 0.673. The predicted octanol–water partition coefficient (Wildman–Crippen LogP) is 4.99. The highest BCUT2D eigenvalue weighted by Gasteiger charge is 2.23. The molecule has 0 atom stereocenters. The molecule has 176 valence electrons. The molecule has 0 radical (unpaired) electrons. The number of carboxylic acid groups (broad SMARTS) is 1. The molecule has 33 heavy (non-hydrogen) atoms. The Balaban J connectivity index is 1.80. The SMILES string of the molecule is COc1ccc(OC)c(CCNCc2c(C(=O)O)c(C)n(Cc3c(F)cccc3Cl)c2C)c1. The topological polar surface area (TPSA) is 72.7 Å². The van der Waals surface area contributed by atoms with E-state index in [1.54, 1.807) is 37.8 Å². The monoisotopic (exact) mass is 474 g/mol. The van der Waals surface area contributed by atoms with E-state index in [1.807, 2.05) is 25.1 Å². The molecule has 6 nitrogen and oxygen atoms in total. The van der Waals surface area contributed by atoms with Gasteiger partial charge in [0.15, 0.2) is 0 Å². The van der Waals surface area contributed by atoms with Crippen molar-refractivity contribution in [3.63, 3.8) is 0 Å². The van der Waals surface area contributed by atoms with Gasteiger partial charge in [0.1, 0.15) is 17.3 Å². The molecule has 3 rings (SSSR count). The molecule has 2 N–H and O–H groups in total. The highest BCUT2D eigenvalue weighted by molar-refractivity contribution is 6.31. The molecule has 0 unspecified atom stereocenters. The van der Waals surface area contributed by atoms with Crippen molar-refractivity contribution in [2.24, 2.45) is 0 Å². The van der Waals surface area contributed by atoms with Gasteiger partial charge in [0, 0.05) is 34.1 Å². The van der Waals surface area contributed by atoms with Crippen LogP contribution >= 0.6 is 11.6 Å². The fourth-order valence-corrected chi connectivity index (χ4v) is 4.26. The van der Waals surface area contributed by atoms with Crippen LogP contribution in [0.5, 0.6) is 11.5 Å². The number of rotatable bonds is 10. The van der Waals surface area contributed by atoms with Gasteiger partial charge in [-0.15, -0.1) is 0 Å². The van der Waals surface area contributed by atoms with Gasteiger partial charge in [0.25, 0.3) is 0 Å². The second-order valence-corrected chi connectivity index (χ2v) is 8.13. The second-order valence-electron chi connectivity index (χ2n) is 7.72. The van der Waals surface area contributed by atoms with Crippen LogP contribution in [0.15, 0.2) is 36.4 Å². The van der Waals surface area contributed by atoms with Gasteiger partial charge in [0.2, 0.25) is 0 Å². The van der Waals surface area contributed by atoms with Crippen molar-refractivity contribution in [3.05, 3.63) is 80.9 Å². The minimum Gasteiger partial charge on any atom is -0.497 e. The molecule has 0 aliphatic heterocycles. The van der Waals surface area contributed by atoms with Gasteiger partial charge in [-0.25, -0.2) is 9.18 Å². The molecule has 0 bridgehead atoms. The number of benzene rings is 2. The van der Waals surface area contributed by atoms with E-state index in [0.29, 0.717) is 41.4 Å². The van der Waals surface area contributed by atoms with Crippen LogP contribution in [0.4, 0.5) is 4.39 Å². The third-order valence-electron chi connectivity index (χ3n) is 5.86. The largest absolute Gasteiger partial charge is 0.497 e. The summed E-state index contributed by atoms with van der Waals surface area (Å²) < 4.78 is 26.9. The van der Waals surface area contributed by atoms with Crippen molar-refractivity contribution in [2.45, 2.75) is 33.4 Å². The lowest BCUT2D eigenvalue weighted by Crippen LogP contribution is -2.19. The van der Waals surface area contributed by atoms with Crippen molar-refractivity contribution in [1.29, 1.82) is 0 Å². The number of aromatic nitrogens is 1. The van der Waals surface area contributed by atoms with E-state index in [1.165, 1.54) is 6.07 Å². The Labute approximate surface area is 197 Å². The van der Waals surface area contributed by atoms with E-state index < -0.39 is 11.8 Å². The van der Waals surface area contributed by atoms with E-state index in [0.717, 1.165) is 22.8 Å². The number of hydrogen-bond acceptors (Lipinski definition) is 4. The Bertz CT molecular complexity index is 1140. The van der Waals surface area contributed by atoms with Crippen LogP contribution in [0.25, 0.3) is 0 Å². The molecule has 0 spiro atoms. The minimum atomic E-state index is -1.01. The predicted molar refractivity (Wildman–Crippen MR) is 126 cm³/mol. The lowest BCUT2D eigenvalue weighted by atomic mass is 10.1. The highest BCUT2D eigenvalue weighted by atomic mass is 35.5. The molecule has 0 saturated heterocycles. The first-order valence-corrected chi connectivity index (χ1v) is 10.9. The Hall–Kier alpha value is -3.03. The second kappa shape index (κ2) is 10.7. The molecule has 8 heteroatoms. The summed E-state index contributed by atoms with van der Waals surface area (Å²) in [5, 5.41) is 13.5. The maximum absolute atomic E-state index is 14.3. The highest BCUT2D eigenvalue weighted by Crippen LogP contribution is 2.27. The summed E-state index contributed by atoms with van der Waals surface area (Å²) >= 11 is 6.20. The number of carbonyl (C=O) groups is 1. The smallest absolute Gasteiger partial charge is 0.337 e. The molecule has 0 fully saturated rings. The van der Waals surface area contributed by atoms with Gasteiger partial charge in [-0.3, -0.25) is 0 Å². The maximum Gasteiger partial charge on any atom is 0.337 e. The zero-order valence-corrected chi connectivity index (χ0v) is 19.9. The first-order valence-electron chi connectivity index (χ1n) is 10.5. The molecule has 1 heterocycles. The van der Waals surface area contributed by atoms with Crippen molar-refractivity contribution in [2.75, 3.05) is 20.8 Å².